The molecule has 0 radical (unpaired) electrons. The van der Waals surface area contributed by atoms with E-state index in [9.17, 15) is 13.2 Å². The monoisotopic (exact) mass is 411 g/mol. The van der Waals surface area contributed by atoms with Crippen molar-refractivity contribution in [1.82, 2.24) is 0 Å². The first kappa shape index (κ1) is 15.4. The summed E-state index contributed by atoms with van der Waals surface area (Å²) in [4.78, 5) is 0. The molecule has 1 unspecified atom stereocenters. The molecule has 20 heavy (non-hydrogen) atoms. The van der Waals surface area contributed by atoms with Gasteiger partial charge < -0.3 is 9.73 Å². The molecule has 0 aliphatic rings. The third-order valence-electron chi connectivity index (χ3n) is 2.63. The second-order valence-corrected chi connectivity index (χ2v) is 5.93. The number of hydrogen-bond donors (Lipinski definition) is 1. The minimum Gasteiger partial charge on any atom is -0.452 e. The first-order valence-electron chi connectivity index (χ1n) is 5.65. The van der Waals surface area contributed by atoms with Crippen LogP contribution >= 0.6 is 31.9 Å². The van der Waals surface area contributed by atoms with Crippen molar-refractivity contribution >= 4 is 37.5 Å². The van der Waals surface area contributed by atoms with Crippen LogP contribution in [-0.4, -0.2) is 0 Å². The number of nitrogens with one attached hydrogen (secondary N) is 1. The van der Waals surface area contributed by atoms with Crippen LogP contribution in [0.5, 0.6) is 0 Å². The number of anilines is 1. The molecule has 0 aliphatic heterocycles. The van der Waals surface area contributed by atoms with E-state index in [1.807, 2.05) is 0 Å². The average Bonchev–Trinajstić information content (AvgIpc) is 2.74. The van der Waals surface area contributed by atoms with Crippen LogP contribution in [-0.2, 0) is 6.18 Å². The molecule has 1 atom stereocenters. The summed E-state index contributed by atoms with van der Waals surface area (Å²) in [5.74, 6) is 0.630. The molecule has 0 aliphatic carbocycles. The molecule has 2 rings (SSSR count). The summed E-state index contributed by atoms with van der Waals surface area (Å²) in [6.07, 6.45) is -4.38. The maximum absolute atomic E-state index is 12.7. The fraction of sp³-hybridized carbons (Fsp3) is 0.231. The van der Waals surface area contributed by atoms with E-state index in [4.69, 9.17) is 4.42 Å². The van der Waals surface area contributed by atoms with Crippen molar-refractivity contribution in [2.75, 3.05) is 5.32 Å². The molecule has 0 saturated carbocycles. The molecule has 0 amide bonds. The molecule has 0 spiro atoms. The van der Waals surface area contributed by atoms with Crippen molar-refractivity contribution < 1.29 is 17.6 Å². The maximum atomic E-state index is 12.7. The summed E-state index contributed by atoms with van der Waals surface area (Å²) in [5.41, 5.74) is -0.339. The van der Waals surface area contributed by atoms with Crippen molar-refractivity contribution in [3.63, 3.8) is 0 Å². The van der Waals surface area contributed by atoms with Gasteiger partial charge in [0.2, 0.25) is 0 Å². The van der Waals surface area contributed by atoms with Crippen molar-refractivity contribution in [3.8, 4) is 0 Å². The zero-order chi connectivity index (χ0) is 14.9. The van der Waals surface area contributed by atoms with E-state index in [2.05, 4.69) is 37.2 Å². The molecule has 1 aromatic carbocycles. The van der Waals surface area contributed by atoms with E-state index in [1.54, 1.807) is 25.1 Å². The second-order valence-electron chi connectivity index (χ2n) is 4.23. The van der Waals surface area contributed by atoms with Gasteiger partial charge in [0.1, 0.15) is 5.76 Å². The van der Waals surface area contributed by atoms with Crippen LogP contribution in [0.3, 0.4) is 0 Å². The third-order valence-corrected chi connectivity index (χ3v) is 3.51. The molecule has 7 heteroatoms. The van der Waals surface area contributed by atoms with Gasteiger partial charge in [0.15, 0.2) is 4.67 Å². The molecule has 2 aromatic rings. The Balaban J connectivity index is 2.23. The van der Waals surface area contributed by atoms with Crippen molar-refractivity contribution in [1.29, 1.82) is 0 Å². The number of alkyl halides is 3. The Hall–Kier alpha value is -0.950. The zero-order valence-electron chi connectivity index (χ0n) is 10.3. The Morgan fingerprint density at radius 1 is 1.15 bits per heavy atom. The van der Waals surface area contributed by atoms with E-state index in [1.165, 1.54) is 0 Å². The molecule has 2 nitrogen and oxygen atoms in total. The molecule has 0 bridgehead atoms. The normalized spacial score (nSPS) is 13.3. The summed E-state index contributed by atoms with van der Waals surface area (Å²) in [6.45, 7) is 1.80. The van der Waals surface area contributed by atoms with Crippen LogP contribution in [0.1, 0.15) is 24.3 Å². The highest BCUT2D eigenvalue weighted by Crippen LogP contribution is 2.34. The lowest BCUT2D eigenvalue weighted by Crippen LogP contribution is -2.09. The Bertz CT molecular complexity index is 610. The highest BCUT2D eigenvalue weighted by molar-refractivity contribution is 9.10. The summed E-state index contributed by atoms with van der Waals surface area (Å²) >= 11 is 6.27. The third kappa shape index (κ3) is 3.79. The predicted molar refractivity (Wildman–Crippen MR) is 77.6 cm³/mol. The van der Waals surface area contributed by atoms with Gasteiger partial charge in [-0.15, -0.1) is 0 Å². The van der Waals surface area contributed by atoms with E-state index in [0.29, 0.717) is 20.6 Å². The van der Waals surface area contributed by atoms with Crippen LogP contribution in [0, 0.1) is 0 Å². The highest BCUT2D eigenvalue weighted by atomic mass is 79.9. The van der Waals surface area contributed by atoms with E-state index >= 15 is 0 Å². The van der Waals surface area contributed by atoms with Gasteiger partial charge in [0, 0.05) is 10.2 Å². The molecule has 0 saturated heterocycles. The van der Waals surface area contributed by atoms with Crippen LogP contribution < -0.4 is 5.32 Å². The molecular formula is C13H10Br2F3NO. The summed E-state index contributed by atoms with van der Waals surface area (Å²) in [6, 6.07) is 6.93. The smallest absolute Gasteiger partial charge is 0.416 e. The Morgan fingerprint density at radius 2 is 1.85 bits per heavy atom. The number of rotatable bonds is 3. The van der Waals surface area contributed by atoms with Gasteiger partial charge in [0.05, 0.1) is 11.6 Å². The molecule has 1 aromatic heterocycles. The number of benzene rings is 1. The zero-order valence-corrected chi connectivity index (χ0v) is 13.4. The van der Waals surface area contributed by atoms with Gasteiger partial charge >= 0.3 is 6.18 Å². The SMILES string of the molecule is CC(Nc1cc(Br)cc(C(F)(F)F)c1)c1ccc(Br)o1. The lowest BCUT2D eigenvalue weighted by Gasteiger charge is -2.15. The van der Waals surface area contributed by atoms with Gasteiger partial charge in [-0.25, -0.2) is 0 Å². The first-order valence-corrected chi connectivity index (χ1v) is 7.24. The number of furan rings is 1. The van der Waals surface area contributed by atoms with Gasteiger partial charge in [-0.2, -0.15) is 13.2 Å². The standard InChI is InChI=1S/C13H10Br2F3NO/c1-7(11-2-3-12(15)20-11)19-10-5-8(13(16,17)18)4-9(14)6-10/h2-7,19H,1H3. The minimum atomic E-state index is -4.38. The topological polar surface area (TPSA) is 25.2 Å². The fourth-order valence-corrected chi connectivity index (χ4v) is 2.53. The Labute approximate surface area is 130 Å². The van der Waals surface area contributed by atoms with Crippen molar-refractivity contribution in [3.05, 3.63) is 50.8 Å². The van der Waals surface area contributed by atoms with E-state index < -0.39 is 11.7 Å². The van der Waals surface area contributed by atoms with Gasteiger partial charge in [-0.3, -0.25) is 0 Å². The van der Waals surface area contributed by atoms with E-state index in [-0.39, 0.29) is 6.04 Å². The van der Waals surface area contributed by atoms with Crippen LogP contribution in [0.4, 0.5) is 18.9 Å². The van der Waals surface area contributed by atoms with Crippen LogP contribution in [0.25, 0.3) is 0 Å². The van der Waals surface area contributed by atoms with Crippen LogP contribution in [0.2, 0.25) is 0 Å². The van der Waals surface area contributed by atoms with Crippen molar-refractivity contribution in [2.24, 2.45) is 0 Å². The lowest BCUT2D eigenvalue weighted by molar-refractivity contribution is -0.137. The fourth-order valence-electron chi connectivity index (χ4n) is 1.72. The molecule has 108 valence electrons. The molecule has 1 N–H and O–H groups in total. The first-order chi connectivity index (χ1) is 9.25. The van der Waals surface area contributed by atoms with Gasteiger partial charge in [0.25, 0.3) is 0 Å². The van der Waals surface area contributed by atoms with Gasteiger partial charge in [-0.05, 0) is 53.2 Å². The van der Waals surface area contributed by atoms with Gasteiger partial charge in [-0.1, -0.05) is 15.9 Å². The molecular weight excluding hydrogens is 403 g/mol. The summed E-state index contributed by atoms with van der Waals surface area (Å²) in [5, 5.41) is 2.98. The Morgan fingerprint density at radius 3 is 2.40 bits per heavy atom. The van der Waals surface area contributed by atoms with Crippen molar-refractivity contribution in [2.45, 2.75) is 19.1 Å². The largest absolute Gasteiger partial charge is 0.452 e. The predicted octanol–water partition coefficient (Wildman–Crippen LogP) is 6.00. The minimum absolute atomic E-state index is 0.253. The number of halogens is 5. The molecule has 1 heterocycles. The molecule has 0 fully saturated rings. The van der Waals surface area contributed by atoms with E-state index in [0.717, 1.165) is 12.1 Å². The average molecular weight is 413 g/mol. The van der Waals surface area contributed by atoms with Crippen LogP contribution in [0.15, 0.2) is 43.9 Å². The maximum Gasteiger partial charge on any atom is 0.416 e. The quantitative estimate of drug-likeness (QED) is 0.669. The summed E-state index contributed by atoms with van der Waals surface area (Å²) < 4.78 is 44.5. The second kappa shape index (κ2) is 5.81. The highest BCUT2D eigenvalue weighted by Gasteiger charge is 2.31. The Kier molecular flexibility index (Phi) is 4.49. The lowest BCUT2D eigenvalue weighted by atomic mass is 10.1. The number of hydrogen-bond acceptors (Lipinski definition) is 2. The summed E-state index contributed by atoms with van der Waals surface area (Å²) in [7, 11) is 0.